The van der Waals surface area contributed by atoms with Gasteiger partial charge in [0.1, 0.15) is 11.4 Å². The number of methoxy groups -OCH3 is 1. The number of nitro groups is 1. The summed E-state index contributed by atoms with van der Waals surface area (Å²) in [7, 11) is 1.63. The van der Waals surface area contributed by atoms with Crippen LogP contribution in [0.3, 0.4) is 0 Å². The fourth-order valence-electron chi connectivity index (χ4n) is 3.06. The Morgan fingerprint density at radius 2 is 1.85 bits per heavy atom. The Labute approximate surface area is 150 Å². The molecule has 0 unspecified atom stereocenters. The molecule has 8 nitrogen and oxygen atoms in total. The summed E-state index contributed by atoms with van der Waals surface area (Å²) < 4.78 is 5.39. The van der Waals surface area contributed by atoms with Gasteiger partial charge in [0, 0.05) is 37.8 Å². The first-order valence-electron chi connectivity index (χ1n) is 8.22. The molecule has 0 saturated carbocycles. The van der Waals surface area contributed by atoms with Crippen molar-refractivity contribution in [2.45, 2.75) is 0 Å². The van der Waals surface area contributed by atoms with Gasteiger partial charge in [0.15, 0.2) is 0 Å². The number of nitro benzene ring substituents is 1. The SMILES string of the molecule is COc1ccccc1N1CCN(C(=O)c2ccc(N)c([N+](=O)[O-])c2)CC1. The molecule has 0 bridgehead atoms. The molecule has 1 aliphatic rings. The number of ether oxygens (including phenoxy) is 1. The summed E-state index contributed by atoms with van der Waals surface area (Å²) in [5, 5.41) is 11.0. The summed E-state index contributed by atoms with van der Waals surface area (Å²) >= 11 is 0. The number of nitrogen functional groups attached to an aromatic ring is 1. The number of nitrogens with two attached hydrogens (primary N) is 1. The average Bonchev–Trinajstić information content (AvgIpc) is 2.67. The Bertz CT molecular complexity index is 832. The van der Waals surface area contributed by atoms with Crippen LogP contribution in [0.25, 0.3) is 0 Å². The minimum Gasteiger partial charge on any atom is -0.495 e. The average molecular weight is 356 g/mol. The monoisotopic (exact) mass is 356 g/mol. The third kappa shape index (κ3) is 3.39. The number of para-hydroxylation sites is 2. The molecule has 0 atom stereocenters. The lowest BCUT2D eigenvalue weighted by atomic mass is 10.1. The Hall–Kier alpha value is -3.29. The molecule has 1 heterocycles. The van der Waals surface area contributed by atoms with Gasteiger partial charge in [-0.1, -0.05) is 12.1 Å². The van der Waals surface area contributed by atoms with Crippen LogP contribution in [0.5, 0.6) is 5.75 Å². The smallest absolute Gasteiger partial charge is 0.292 e. The molecule has 2 aromatic rings. The van der Waals surface area contributed by atoms with E-state index in [1.165, 1.54) is 18.2 Å². The zero-order valence-corrected chi connectivity index (χ0v) is 14.4. The first-order valence-corrected chi connectivity index (χ1v) is 8.22. The number of rotatable bonds is 4. The molecule has 136 valence electrons. The maximum Gasteiger partial charge on any atom is 0.292 e. The molecule has 1 fully saturated rings. The van der Waals surface area contributed by atoms with Crippen molar-refractivity contribution in [2.75, 3.05) is 43.9 Å². The van der Waals surface area contributed by atoms with Gasteiger partial charge >= 0.3 is 0 Å². The van der Waals surface area contributed by atoms with E-state index in [9.17, 15) is 14.9 Å². The van der Waals surface area contributed by atoms with E-state index in [-0.39, 0.29) is 22.8 Å². The minimum absolute atomic E-state index is 0.0486. The van der Waals surface area contributed by atoms with Gasteiger partial charge in [-0.25, -0.2) is 0 Å². The minimum atomic E-state index is -0.578. The van der Waals surface area contributed by atoms with E-state index in [2.05, 4.69) is 4.90 Å². The van der Waals surface area contributed by atoms with Gasteiger partial charge in [-0.05, 0) is 24.3 Å². The molecule has 2 N–H and O–H groups in total. The van der Waals surface area contributed by atoms with Crippen LogP contribution in [-0.4, -0.2) is 49.0 Å². The van der Waals surface area contributed by atoms with E-state index in [0.29, 0.717) is 26.2 Å². The van der Waals surface area contributed by atoms with Crippen LogP contribution < -0.4 is 15.4 Å². The van der Waals surface area contributed by atoms with Crippen molar-refractivity contribution >= 4 is 23.0 Å². The molecular formula is C18H20N4O4. The van der Waals surface area contributed by atoms with Crippen LogP contribution in [0.4, 0.5) is 17.1 Å². The number of benzene rings is 2. The second-order valence-electron chi connectivity index (χ2n) is 5.98. The summed E-state index contributed by atoms with van der Waals surface area (Å²) in [6.07, 6.45) is 0. The van der Waals surface area contributed by atoms with E-state index in [1.807, 2.05) is 24.3 Å². The van der Waals surface area contributed by atoms with E-state index in [4.69, 9.17) is 10.5 Å². The lowest BCUT2D eigenvalue weighted by molar-refractivity contribution is -0.383. The summed E-state index contributed by atoms with van der Waals surface area (Å²) in [5.74, 6) is 0.564. The quantitative estimate of drug-likeness (QED) is 0.512. The molecule has 0 aliphatic carbocycles. The number of carbonyl (C=O) groups is 1. The van der Waals surface area contributed by atoms with Gasteiger partial charge in [-0.2, -0.15) is 0 Å². The van der Waals surface area contributed by atoms with Crippen LogP contribution >= 0.6 is 0 Å². The first-order chi connectivity index (χ1) is 12.5. The number of nitrogens with zero attached hydrogens (tertiary/aromatic N) is 3. The molecular weight excluding hydrogens is 336 g/mol. The predicted molar refractivity (Wildman–Crippen MR) is 98.6 cm³/mol. The highest BCUT2D eigenvalue weighted by molar-refractivity contribution is 5.95. The van der Waals surface area contributed by atoms with Crippen molar-refractivity contribution in [1.29, 1.82) is 0 Å². The summed E-state index contributed by atoms with van der Waals surface area (Å²) in [6, 6.07) is 11.9. The summed E-state index contributed by atoms with van der Waals surface area (Å²) in [4.78, 5) is 27.0. The normalized spacial score (nSPS) is 14.2. The summed E-state index contributed by atoms with van der Waals surface area (Å²) in [5.41, 5.74) is 6.66. The van der Waals surface area contributed by atoms with Gasteiger partial charge in [-0.3, -0.25) is 14.9 Å². The first kappa shape index (κ1) is 17.5. The Morgan fingerprint density at radius 1 is 1.15 bits per heavy atom. The fraction of sp³-hybridized carbons (Fsp3) is 0.278. The van der Waals surface area contributed by atoms with E-state index in [0.717, 1.165) is 11.4 Å². The molecule has 1 saturated heterocycles. The maximum atomic E-state index is 12.7. The second-order valence-corrected chi connectivity index (χ2v) is 5.98. The Kier molecular flexibility index (Phi) is 4.92. The third-order valence-corrected chi connectivity index (χ3v) is 4.47. The zero-order chi connectivity index (χ0) is 18.7. The largest absolute Gasteiger partial charge is 0.495 e. The third-order valence-electron chi connectivity index (χ3n) is 4.47. The van der Waals surface area contributed by atoms with Gasteiger partial charge < -0.3 is 20.3 Å². The van der Waals surface area contributed by atoms with Crippen molar-refractivity contribution < 1.29 is 14.5 Å². The van der Waals surface area contributed by atoms with Crippen LogP contribution in [0, 0.1) is 10.1 Å². The van der Waals surface area contributed by atoms with Gasteiger partial charge in [0.05, 0.1) is 17.7 Å². The van der Waals surface area contributed by atoms with Crippen molar-refractivity contribution in [1.82, 2.24) is 4.90 Å². The number of carbonyl (C=O) groups excluding carboxylic acids is 1. The van der Waals surface area contributed by atoms with Gasteiger partial charge in [0.2, 0.25) is 0 Å². The molecule has 8 heteroatoms. The number of piperazine rings is 1. The van der Waals surface area contributed by atoms with Crippen molar-refractivity contribution in [3.8, 4) is 5.75 Å². The lowest BCUT2D eigenvalue weighted by Gasteiger charge is -2.36. The maximum absolute atomic E-state index is 12.7. The fourth-order valence-corrected chi connectivity index (χ4v) is 3.06. The lowest BCUT2D eigenvalue weighted by Crippen LogP contribution is -2.48. The van der Waals surface area contributed by atoms with Gasteiger partial charge in [-0.15, -0.1) is 0 Å². The Morgan fingerprint density at radius 3 is 2.50 bits per heavy atom. The highest BCUT2D eigenvalue weighted by Gasteiger charge is 2.25. The molecule has 1 amide bonds. The molecule has 0 spiro atoms. The van der Waals surface area contributed by atoms with Crippen LogP contribution in [0.2, 0.25) is 0 Å². The molecule has 1 aliphatic heterocycles. The second kappa shape index (κ2) is 7.30. The number of hydrogen-bond donors (Lipinski definition) is 1. The molecule has 3 rings (SSSR count). The molecule has 0 aromatic heterocycles. The van der Waals surface area contributed by atoms with Crippen LogP contribution in [-0.2, 0) is 0 Å². The molecule has 0 radical (unpaired) electrons. The van der Waals surface area contributed by atoms with Crippen molar-refractivity contribution in [2.24, 2.45) is 0 Å². The van der Waals surface area contributed by atoms with Crippen LogP contribution in [0.15, 0.2) is 42.5 Å². The molecule has 2 aromatic carbocycles. The van der Waals surface area contributed by atoms with Gasteiger partial charge in [0.25, 0.3) is 11.6 Å². The zero-order valence-electron chi connectivity index (χ0n) is 14.4. The van der Waals surface area contributed by atoms with E-state index >= 15 is 0 Å². The highest BCUT2D eigenvalue weighted by Crippen LogP contribution is 2.29. The number of hydrogen-bond acceptors (Lipinski definition) is 6. The highest BCUT2D eigenvalue weighted by atomic mass is 16.6. The number of anilines is 2. The summed E-state index contributed by atoms with van der Waals surface area (Å²) in [6.45, 7) is 2.36. The number of amides is 1. The predicted octanol–water partition coefficient (Wildman–Crippen LogP) is 2.15. The Balaban J connectivity index is 1.71. The van der Waals surface area contributed by atoms with Crippen LogP contribution in [0.1, 0.15) is 10.4 Å². The van der Waals surface area contributed by atoms with Crippen molar-refractivity contribution in [3.63, 3.8) is 0 Å². The van der Waals surface area contributed by atoms with Crippen molar-refractivity contribution in [3.05, 3.63) is 58.1 Å². The van der Waals surface area contributed by atoms with E-state index < -0.39 is 4.92 Å². The topological polar surface area (TPSA) is 102 Å². The molecule has 26 heavy (non-hydrogen) atoms. The van der Waals surface area contributed by atoms with E-state index in [1.54, 1.807) is 12.0 Å². The standard InChI is InChI=1S/C18H20N4O4/c1-26-17-5-3-2-4-15(17)20-8-10-21(11-9-20)18(23)13-6-7-14(19)16(12-13)22(24)25/h2-7,12H,8-11,19H2,1H3.